The minimum Gasteiger partial charge on any atom is -0.465 e. The highest BCUT2D eigenvalue weighted by molar-refractivity contribution is 7.86. The van der Waals surface area contributed by atoms with Crippen molar-refractivity contribution in [3.63, 3.8) is 0 Å². The number of ether oxygens (including phenoxy) is 1. The highest BCUT2D eigenvalue weighted by Gasteiger charge is 2.34. The Morgan fingerprint density at radius 1 is 1.04 bits per heavy atom. The lowest BCUT2D eigenvalue weighted by Crippen LogP contribution is -2.46. The molecule has 0 spiro atoms. The van der Waals surface area contributed by atoms with E-state index in [1.165, 1.54) is 12.7 Å². The molecule has 6 nitrogen and oxygen atoms in total. The van der Waals surface area contributed by atoms with Gasteiger partial charge in [0.1, 0.15) is 0 Å². The van der Waals surface area contributed by atoms with Crippen LogP contribution >= 0.6 is 0 Å². The van der Waals surface area contributed by atoms with Gasteiger partial charge in [-0.3, -0.25) is 0 Å². The molecule has 2 heterocycles. The number of carbonyl (C=O) groups is 1. The zero-order valence-corrected chi connectivity index (χ0v) is 16.2. The van der Waals surface area contributed by atoms with Gasteiger partial charge in [-0.15, -0.1) is 0 Å². The molecular weight excluding hydrogens is 352 g/mol. The second-order valence-electron chi connectivity index (χ2n) is 7.18. The fourth-order valence-electron chi connectivity index (χ4n) is 3.81. The van der Waals surface area contributed by atoms with Crippen LogP contribution in [0.4, 0.5) is 0 Å². The molecule has 2 aliphatic rings. The Labute approximate surface area is 156 Å². The number of hydrogen-bond donors (Lipinski definition) is 0. The highest BCUT2D eigenvalue weighted by Crippen LogP contribution is 2.26. The molecule has 26 heavy (non-hydrogen) atoms. The average Bonchev–Trinajstić information content (AvgIpc) is 3.22. The second kappa shape index (κ2) is 8.50. The molecule has 1 aromatic carbocycles. The van der Waals surface area contributed by atoms with Crippen LogP contribution in [0.15, 0.2) is 24.3 Å². The lowest BCUT2D eigenvalue weighted by Gasteiger charge is -2.33. The summed E-state index contributed by atoms with van der Waals surface area (Å²) in [5.41, 5.74) is 1.77. The van der Waals surface area contributed by atoms with E-state index in [1.807, 2.05) is 12.1 Å². The minimum absolute atomic E-state index is 0.317. The first kappa shape index (κ1) is 19.3. The van der Waals surface area contributed by atoms with Crippen molar-refractivity contribution in [1.29, 1.82) is 0 Å². The molecule has 0 aromatic heterocycles. The third-order valence-corrected chi connectivity index (χ3v) is 7.54. The van der Waals surface area contributed by atoms with Crippen LogP contribution in [0.2, 0.25) is 0 Å². The zero-order valence-electron chi connectivity index (χ0n) is 15.4. The van der Waals surface area contributed by atoms with Gasteiger partial charge in [-0.2, -0.15) is 17.0 Å². The molecular formula is C19H28N2O4S. The van der Waals surface area contributed by atoms with Gasteiger partial charge in [-0.1, -0.05) is 12.1 Å². The lowest BCUT2D eigenvalue weighted by molar-refractivity contribution is 0.0600. The molecule has 1 aromatic rings. The average molecular weight is 381 g/mol. The summed E-state index contributed by atoms with van der Waals surface area (Å²) < 4.78 is 33.2. The molecule has 7 heteroatoms. The lowest BCUT2D eigenvalue weighted by atomic mass is 9.91. The van der Waals surface area contributed by atoms with Gasteiger partial charge in [0.25, 0.3) is 10.2 Å². The number of esters is 1. The van der Waals surface area contributed by atoms with E-state index in [9.17, 15) is 13.2 Å². The van der Waals surface area contributed by atoms with Crippen molar-refractivity contribution in [2.45, 2.75) is 38.5 Å². The highest BCUT2D eigenvalue weighted by atomic mass is 32.2. The molecule has 0 N–H and O–H groups in total. The number of nitrogens with zero attached hydrogens (tertiary/aromatic N) is 2. The Bertz CT molecular complexity index is 704. The smallest absolute Gasteiger partial charge is 0.337 e. The van der Waals surface area contributed by atoms with Gasteiger partial charge >= 0.3 is 5.97 Å². The van der Waals surface area contributed by atoms with E-state index < -0.39 is 10.2 Å². The summed E-state index contributed by atoms with van der Waals surface area (Å²) in [4.78, 5) is 11.5. The normalized spacial score (nSPS) is 20.3. The maximum atomic E-state index is 12.6. The zero-order chi connectivity index (χ0) is 18.6. The monoisotopic (exact) mass is 380 g/mol. The van der Waals surface area contributed by atoms with Crippen LogP contribution in [-0.4, -0.2) is 56.3 Å². The Morgan fingerprint density at radius 2 is 1.62 bits per heavy atom. The molecule has 0 bridgehead atoms. The first-order valence-electron chi connectivity index (χ1n) is 9.43. The number of rotatable bonds is 6. The summed E-state index contributed by atoms with van der Waals surface area (Å²) >= 11 is 0. The second-order valence-corrected chi connectivity index (χ2v) is 9.11. The predicted molar refractivity (Wildman–Crippen MR) is 100 cm³/mol. The van der Waals surface area contributed by atoms with Crippen LogP contribution in [0.1, 0.15) is 48.0 Å². The van der Waals surface area contributed by atoms with Gasteiger partial charge in [-0.25, -0.2) is 4.79 Å². The Hall–Kier alpha value is -1.44. The van der Waals surface area contributed by atoms with Gasteiger partial charge in [0.15, 0.2) is 0 Å². The molecule has 0 aliphatic carbocycles. The van der Waals surface area contributed by atoms with Crippen LogP contribution in [0.25, 0.3) is 0 Å². The predicted octanol–water partition coefficient (Wildman–Crippen LogP) is 2.46. The van der Waals surface area contributed by atoms with E-state index in [0.717, 1.165) is 38.5 Å². The first-order chi connectivity index (χ1) is 12.5. The molecule has 2 fully saturated rings. The third kappa shape index (κ3) is 4.45. The van der Waals surface area contributed by atoms with Gasteiger partial charge in [0, 0.05) is 26.2 Å². The van der Waals surface area contributed by atoms with E-state index in [4.69, 9.17) is 4.74 Å². The number of aryl methyl sites for hydroxylation is 1. The molecule has 0 unspecified atom stereocenters. The van der Waals surface area contributed by atoms with Crippen molar-refractivity contribution in [3.8, 4) is 0 Å². The van der Waals surface area contributed by atoms with Crippen LogP contribution < -0.4 is 0 Å². The van der Waals surface area contributed by atoms with E-state index in [1.54, 1.807) is 20.7 Å². The SMILES string of the molecule is COC(=O)c1ccc(CCC2CCN(S(=O)(=O)N3CCCC3)CC2)cc1. The van der Waals surface area contributed by atoms with Crippen molar-refractivity contribution in [2.24, 2.45) is 5.92 Å². The van der Waals surface area contributed by atoms with Crippen LogP contribution in [0, 0.1) is 5.92 Å². The third-order valence-electron chi connectivity index (χ3n) is 5.51. The molecule has 0 radical (unpaired) electrons. The van der Waals surface area contributed by atoms with Crippen molar-refractivity contribution < 1.29 is 17.9 Å². The van der Waals surface area contributed by atoms with Crippen molar-refractivity contribution in [1.82, 2.24) is 8.61 Å². The largest absolute Gasteiger partial charge is 0.465 e. The molecule has 2 aliphatic heterocycles. The van der Waals surface area contributed by atoms with Crippen LogP contribution in [0.5, 0.6) is 0 Å². The maximum absolute atomic E-state index is 12.6. The molecule has 0 amide bonds. The number of piperidine rings is 1. The minimum atomic E-state index is -3.24. The van der Waals surface area contributed by atoms with Gasteiger partial charge in [0.2, 0.25) is 0 Å². The number of methoxy groups -OCH3 is 1. The van der Waals surface area contributed by atoms with E-state index >= 15 is 0 Å². The van der Waals surface area contributed by atoms with Gasteiger partial charge in [-0.05, 0) is 62.1 Å². The Kier molecular flexibility index (Phi) is 6.32. The number of carbonyl (C=O) groups excluding carboxylic acids is 1. The quantitative estimate of drug-likeness (QED) is 0.711. The topological polar surface area (TPSA) is 66.9 Å². The molecule has 0 atom stereocenters. The van der Waals surface area contributed by atoms with Crippen molar-refractivity contribution in [2.75, 3.05) is 33.3 Å². The van der Waals surface area contributed by atoms with E-state index in [2.05, 4.69) is 0 Å². The molecule has 3 rings (SSSR count). The molecule has 2 saturated heterocycles. The van der Waals surface area contributed by atoms with Gasteiger partial charge < -0.3 is 4.74 Å². The summed E-state index contributed by atoms with van der Waals surface area (Å²) in [5, 5.41) is 0. The molecule has 0 saturated carbocycles. The summed E-state index contributed by atoms with van der Waals surface area (Å²) in [6.07, 6.45) is 5.80. The summed E-state index contributed by atoms with van der Waals surface area (Å²) in [6.45, 7) is 2.60. The van der Waals surface area contributed by atoms with Crippen LogP contribution in [-0.2, 0) is 21.4 Å². The Morgan fingerprint density at radius 3 is 2.19 bits per heavy atom. The van der Waals surface area contributed by atoms with Gasteiger partial charge in [0.05, 0.1) is 12.7 Å². The summed E-state index contributed by atoms with van der Waals surface area (Å²) in [5.74, 6) is 0.239. The summed E-state index contributed by atoms with van der Waals surface area (Å²) in [7, 11) is -1.86. The standard InChI is InChI=1S/C19H28N2O4S/c1-25-19(22)18-8-6-16(7-9-18)4-5-17-10-14-21(15-11-17)26(23,24)20-12-2-3-13-20/h6-9,17H,2-5,10-15H2,1H3. The number of hydrogen-bond acceptors (Lipinski definition) is 4. The fraction of sp³-hybridized carbons (Fsp3) is 0.632. The maximum Gasteiger partial charge on any atom is 0.337 e. The Balaban J connectivity index is 1.46. The van der Waals surface area contributed by atoms with E-state index in [-0.39, 0.29) is 5.97 Å². The van der Waals surface area contributed by atoms with E-state index in [0.29, 0.717) is 37.7 Å². The first-order valence-corrected chi connectivity index (χ1v) is 10.8. The van der Waals surface area contributed by atoms with Crippen molar-refractivity contribution in [3.05, 3.63) is 35.4 Å². The van der Waals surface area contributed by atoms with Crippen LogP contribution in [0.3, 0.4) is 0 Å². The summed E-state index contributed by atoms with van der Waals surface area (Å²) in [6, 6.07) is 7.54. The fourth-order valence-corrected chi connectivity index (χ4v) is 5.53. The number of benzene rings is 1. The molecule has 144 valence electrons. The van der Waals surface area contributed by atoms with Crippen molar-refractivity contribution >= 4 is 16.2 Å².